The number of nitrogens with zero attached hydrogens (tertiary/aromatic N) is 2. The molecule has 0 saturated carbocycles. The number of hydrogen-bond acceptors (Lipinski definition) is 4. The first-order chi connectivity index (χ1) is 39.3. The molecule has 0 spiro atoms. The van der Waals surface area contributed by atoms with Crippen molar-refractivity contribution in [3.63, 3.8) is 0 Å². The Bertz CT molecular complexity index is 3430. The van der Waals surface area contributed by atoms with E-state index in [0.717, 1.165) is 25.0 Å². The van der Waals surface area contributed by atoms with E-state index < -0.39 is 11.9 Å². The van der Waals surface area contributed by atoms with Crippen molar-refractivity contribution in [1.82, 2.24) is 9.97 Å². The van der Waals surface area contributed by atoms with Crippen LogP contribution in [0.2, 0.25) is 0 Å². The molecule has 12 rings (SSSR count). The zero-order valence-electron chi connectivity index (χ0n) is 44.8. The molecule has 12 aromatic rings. The van der Waals surface area contributed by atoms with Gasteiger partial charge in [-0.1, -0.05) is 255 Å². The number of aromatic nitrogens is 2. The molecular weight excluding hydrogens is 1090 g/mol. The summed E-state index contributed by atoms with van der Waals surface area (Å²) in [7, 11) is 0. The van der Waals surface area contributed by atoms with E-state index in [4.69, 9.17) is 19.8 Å². The van der Waals surface area contributed by atoms with Gasteiger partial charge in [0.15, 0.2) is 0 Å². The van der Waals surface area contributed by atoms with Gasteiger partial charge in [-0.15, -0.1) is 0 Å². The summed E-state index contributed by atoms with van der Waals surface area (Å²) < 4.78 is 0. The second-order valence-corrected chi connectivity index (χ2v) is 18.6. The predicted octanol–water partition coefficient (Wildman–Crippen LogP) is 19.0. The predicted molar refractivity (Wildman–Crippen MR) is 329 cm³/mol. The fraction of sp³-hybridized carbons (Fsp3) is 0.0270. The van der Waals surface area contributed by atoms with Crippen molar-refractivity contribution in [2.24, 2.45) is 0 Å². The van der Waals surface area contributed by atoms with Crippen LogP contribution in [0.1, 0.15) is 13.8 Å². The molecule has 6 nitrogen and oxygen atoms in total. The minimum absolute atomic E-state index is 0. The van der Waals surface area contributed by atoms with Gasteiger partial charge in [0.1, 0.15) is 0 Å². The molecule has 10 aromatic carbocycles. The number of hydrogen-bond donors (Lipinski definition) is 2. The van der Waals surface area contributed by atoms with Gasteiger partial charge in [-0.2, -0.15) is 0 Å². The zero-order valence-corrected chi connectivity index (χ0v) is 46.3. The van der Waals surface area contributed by atoms with Crippen LogP contribution in [0.4, 0.5) is 0 Å². The van der Waals surface area contributed by atoms with Crippen molar-refractivity contribution < 1.29 is 40.2 Å². The third-order valence-corrected chi connectivity index (χ3v) is 13.1. The number of pyridine rings is 2. The Labute approximate surface area is 488 Å². The third kappa shape index (κ3) is 14.4. The van der Waals surface area contributed by atoms with E-state index in [-0.39, 0.29) is 20.4 Å². The Morgan fingerprint density at radius 2 is 0.432 bits per heavy atom. The Morgan fingerprint density at radius 1 is 0.259 bits per heavy atom. The summed E-state index contributed by atoms with van der Waals surface area (Å²) in [5, 5.41) is 14.8. The number of carboxylic acid groups (broad SMARTS) is 2. The third-order valence-electron chi connectivity index (χ3n) is 13.1. The van der Waals surface area contributed by atoms with Gasteiger partial charge in [0.25, 0.3) is 11.9 Å². The molecule has 0 aliphatic carbocycles. The van der Waals surface area contributed by atoms with Crippen molar-refractivity contribution in [1.29, 1.82) is 0 Å². The summed E-state index contributed by atoms with van der Waals surface area (Å²) in [6.07, 6.45) is 7.60. The van der Waals surface area contributed by atoms with Gasteiger partial charge in [-0.05, 0) is 124 Å². The molecule has 2 heterocycles. The molecule has 2 N–H and O–H groups in total. The minimum atomic E-state index is -0.833. The largest absolute Gasteiger partial charge is 0.481 e. The molecule has 0 unspecified atom stereocenters. The molecule has 0 aliphatic rings. The quantitative estimate of drug-likeness (QED) is 0.132. The topological polar surface area (TPSA) is 100 Å². The van der Waals surface area contributed by atoms with Crippen LogP contribution in [0, 0.1) is 0 Å². The zero-order chi connectivity index (χ0) is 55.5. The van der Waals surface area contributed by atoms with Crippen LogP contribution in [-0.4, -0.2) is 32.1 Å². The number of aliphatic carboxylic acids is 2. The monoisotopic (exact) mass is 1140 g/mol. The van der Waals surface area contributed by atoms with E-state index in [1.807, 2.05) is 36.9 Å². The summed E-state index contributed by atoms with van der Waals surface area (Å²) in [6.45, 7) is 2.17. The van der Waals surface area contributed by atoms with Crippen LogP contribution in [0.15, 0.2) is 304 Å². The first kappa shape index (κ1) is 57.3. The van der Waals surface area contributed by atoms with Crippen LogP contribution in [0.25, 0.3) is 111 Å². The molecule has 0 aliphatic heterocycles. The average molecular weight is 1150 g/mol. The standard InChI is InChI=1S/2C35H25N.2C2H4O2.Pd/c2*1-5-14-26(15-6-1)31-24-32(30-22-13-23-36-25-30)34(28-18-9-3-10-19-28)35(29-20-11-4-12-21-29)33(31)27-16-7-2-8-17-27;2*1-2(3)4;/h2*1-25H;2*1H3,(H,3,4);. The van der Waals surface area contributed by atoms with E-state index in [1.165, 1.54) is 100 Å². The molecule has 0 saturated heterocycles. The fourth-order valence-electron chi connectivity index (χ4n) is 9.96. The van der Waals surface area contributed by atoms with Crippen LogP contribution in [0.3, 0.4) is 0 Å². The maximum atomic E-state index is 9.00. The van der Waals surface area contributed by atoms with Crippen LogP contribution < -0.4 is 0 Å². The van der Waals surface area contributed by atoms with Gasteiger partial charge in [0.05, 0.1) is 0 Å². The SMILES string of the molecule is CC(=O)O.CC(=O)O.[Pd].c1ccc(-c2cc(-c3cccnc3)c(-c3ccccc3)c(-c3ccccc3)c2-c2ccccc2)cc1.c1ccc(-c2cc(-c3cccnc3)c(-c3ccccc3)c(-c3ccccc3)c2-c2ccccc2)cc1. The molecule has 7 heteroatoms. The van der Waals surface area contributed by atoms with E-state index in [9.17, 15) is 0 Å². The van der Waals surface area contributed by atoms with Crippen LogP contribution in [-0.2, 0) is 30.0 Å². The van der Waals surface area contributed by atoms with Crippen LogP contribution in [0.5, 0.6) is 0 Å². The number of carboxylic acids is 2. The first-order valence-electron chi connectivity index (χ1n) is 26.3. The van der Waals surface area contributed by atoms with Gasteiger partial charge in [-0.25, -0.2) is 0 Å². The number of carbonyl (C=O) groups is 2. The van der Waals surface area contributed by atoms with Crippen molar-refractivity contribution in [3.8, 4) is 111 Å². The van der Waals surface area contributed by atoms with Crippen molar-refractivity contribution in [3.05, 3.63) is 304 Å². The van der Waals surface area contributed by atoms with E-state index in [1.54, 1.807) is 0 Å². The molecule has 81 heavy (non-hydrogen) atoms. The molecule has 0 bridgehead atoms. The van der Waals surface area contributed by atoms with Gasteiger partial charge in [0, 0.05) is 70.2 Å². The van der Waals surface area contributed by atoms with Crippen molar-refractivity contribution in [2.75, 3.05) is 0 Å². The van der Waals surface area contributed by atoms with Gasteiger partial charge < -0.3 is 10.2 Å². The first-order valence-corrected chi connectivity index (χ1v) is 26.3. The molecular formula is C74H58N2O4Pd. The summed E-state index contributed by atoms with van der Waals surface area (Å²) >= 11 is 0. The molecule has 0 amide bonds. The fourth-order valence-corrected chi connectivity index (χ4v) is 9.96. The molecule has 0 fully saturated rings. The van der Waals surface area contributed by atoms with Crippen molar-refractivity contribution >= 4 is 11.9 Å². The molecule has 2 aromatic heterocycles. The Morgan fingerprint density at radius 3 is 0.630 bits per heavy atom. The summed E-state index contributed by atoms with van der Waals surface area (Å²) in [5.41, 5.74) is 23.9. The Hall–Kier alpha value is -9.90. The average Bonchev–Trinajstić information content (AvgIpc) is 3.71. The normalized spacial score (nSPS) is 10.2. The molecule has 0 atom stereocenters. The maximum absolute atomic E-state index is 9.00. The Kier molecular flexibility index (Phi) is 20.3. The Balaban J connectivity index is 0.000000186. The summed E-state index contributed by atoms with van der Waals surface area (Å²) in [4.78, 5) is 27.0. The smallest absolute Gasteiger partial charge is 0.300 e. The maximum Gasteiger partial charge on any atom is 0.300 e. The minimum Gasteiger partial charge on any atom is -0.481 e. The summed E-state index contributed by atoms with van der Waals surface area (Å²) in [5.74, 6) is -1.67. The van der Waals surface area contributed by atoms with Gasteiger partial charge in [0.2, 0.25) is 0 Å². The molecule has 398 valence electrons. The summed E-state index contributed by atoms with van der Waals surface area (Å²) in [6, 6.07) is 98.9. The number of rotatable bonds is 10. The van der Waals surface area contributed by atoms with E-state index >= 15 is 0 Å². The van der Waals surface area contributed by atoms with E-state index in [0.29, 0.717) is 0 Å². The molecule has 0 radical (unpaired) electrons. The van der Waals surface area contributed by atoms with Gasteiger partial charge >= 0.3 is 0 Å². The second-order valence-electron chi connectivity index (χ2n) is 18.6. The van der Waals surface area contributed by atoms with Crippen LogP contribution >= 0.6 is 0 Å². The van der Waals surface area contributed by atoms with Crippen molar-refractivity contribution in [2.45, 2.75) is 13.8 Å². The number of benzene rings is 10. The van der Waals surface area contributed by atoms with E-state index in [2.05, 4.69) is 277 Å². The second kappa shape index (κ2) is 28.6. The van der Waals surface area contributed by atoms with Gasteiger partial charge in [-0.3, -0.25) is 19.6 Å².